The number of fused-ring (bicyclic) bond motifs is 2. The van der Waals surface area contributed by atoms with Crippen LogP contribution < -0.4 is 16.2 Å². The highest BCUT2D eigenvalue weighted by Crippen LogP contribution is 2.39. The van der Waals surface area contributed by atoms with E-state index < -0.39 is 0 Å². The molecule has 0 radical (unpaired) electrons. The molecule has 1 aliphatic rings. The first-order chi connectivity index (χ1) is 12.6. The maximum absolute atomic E-state index is 12.9. The van der Waals surface area contributed by atoms with Crippen LogP contribution >= 0.6 is 0 Å². The molecule has 0 atom stereocenters. The second-order valence-electron chi connectivity index (χ2n) is 6.15. The molecule has 0 bridgehead atoms. The molecular formula is C20H22N2O4. The van der Waals surface area contributed by atoms with Crippen LogP contribution in [-0.2, 0) is 4.74 Å². The summed E-state index contributed by atoms with van der Waals surface area (Å²) in [6.07, 6.45) is 2.05. The summed E-state index contributed by atoms with van der Waals surface area (Å²) in [6.45, 7) is 3.45. The van der Waals surface area contributed by atoms with Gasteiger partial charge in [-0.25, -0.2) is 0 Å². The van der Waals surface area contributed by atoms with E-state index in [1.54, 1.807) is 24.3 Å². The van der Waals surface area contributed by atoms with Gasteiger partial charge in [0.15, 0.2) is 11.6 Å². The zero-order chi connectivity index (χ0) is 18.7. The van der Waals surface area contributed by atoms with Gasteiger partial charge in [0.2, 0.25) is 0 Å². The van der Waals surface area contributed by atoms with Crippen molar-refractivity contribution in [1.29, 1.82) is 0 Å². The minimum absolute atomic E-state index is 0.121. The summed E-state index contributed by atoms with van der Waals surface area (Å²) >= 11 is 0. The molecule has 26 heavy (non-hydrogen) atoms. The third-order valence-electron chi connectivity index (χ3n) is 4.36. The van der Waals surface area contributed by atoms with Crippen LogP contribution in [0.2, 0.25) is 0 Å². The summed E-state index contributed by atoms with van der Waals surface area (Å²) in [7, 11) is 0. The number of carbonyl (C=O) groups is 2. The van der Waals surface area contributed by atoms with Crippen LogP contribution in [0.15, 0.2) is 30.3 Å². The molecule has 0 aromatic heterocycles. The summed E-state index contributed by atoms with van der Waals surface area (Å²) in [4.78, 5) is 25.6. The number of ketones is 2. The van der Waals surface area contributed by atoms with Crippen LogP contribution in [-0.4, -0.2) is 31.4 Å². The third-order valence-corrected chi connectivity index (χ3v) is 4.36. The molecule has 6 heteroatoms. The van der Waals surface area contributed by atoms with E-state index in [0.717, 1.165) is 12.8 Å². The Hall–Kier alpha value is -2.86. The number of anilines is 2. The monoisotopic (exact) mass is 354 g/mol. The van der Waals surface area contributed by atoms with Crippen molar-refractivity contribution in [2.24, 2.45) is 0 Å². The van der Waals surface area contributed by atoms with Crippen molar-refractivity contribution in [2.45, 2.75) is 19.8 Å². The largest absolute Gasteiger partial charge is 0.489 e. The fourth-order valence-electron chi connectivity index (χ4n) is 3.00. The van der Waals surface area contributed by atoms with E-state index in [1.165, 1.54) is 6.07 Å². The molecule has 1 aliphatic carbocycles. The number of benzene rings is 2. The molecule has 0 spiro atoms. The van der Waals surface area contributed by atoms with E-state index >= 15 is 0 Å². The first-order valence-electron chi connectivity index (χ1n) is 8.67. The highest BCUT2D eigenvalue weighted by atomic mass is 16.5. The second-order valence-corrected chi connectivity index (χ2v) is 6.15. The Morgan fingerprint density at radius 2 is 1.58 bits per heavy atom. The fourth-order valence-corrected chi connectivity index (χ4v) is 3.00. The maximum atomic E-state index is 12.9. The number of unbranched alkanes of at least 4 members (excludes halogenated alkanes) is 1. The van der Waals surface area contributed by atoms with Crippen LogP contribution in [0.25, 0.3) is 0 Å². The number of carbonyl (C=O) groups excluding carboxylic acids is 2. The van der Waals surface area contributed by atoms with E-state index in [-0.39, 0.29) is 40.7 Å². The topological polar surface area (TPSA) is 105 Å². The van der Waals surface area contributed by atoms with Gasteiger partial charge in [-0.2, -0.15) is 0 Å². The summed E-state index contributed by atoms with van der Waals surface area (Å²) < 4.78 is 11.1. The lowest BCUT2D eigenvalue weighted by atomic mass is 9.82. The number of hydrogen-bond acceptors (Lipinski definition) is 6. The molecule has 0 fully saturated rings. The van der Waals surface area contributed by atoms with Crippen molar-refractivity contribution >= 4 is 22.9 Å². The Bertz CT molecular complexity index is 861. The van der Waals surface area contributed by atoms with Gasteiger partial charge in [0.05, 0.1) is 23.4 Å². The Balaban J connectivity index is 1.87. The molecule has 136 valence electrons. The summed E-state index contributed by atoms with van der Waals surface area (Å²) in [6, 6.07) is 8.15. The van der Waals surface area contributed by atoms with Crippen LogP contribution in [0.3, 0.4) is 0 Å². The summed E-state index contributed by atoms with van der Waals surface area (Å²) in [5.41, 5.74) is 13.5. The lowest BCUT2D eigenvalue weighted by Gasteiger charge is -2.22. The van der Waals surface area contributed by atoms with Gasteiger partial charge in [0.1, 0.15) is 12.4 Å². The highest BCUT2D eigenvalue weighted by Gasteiger charge is 2.34. The first kappa shape index (κ1) is 17.9. The Morgan fingerprint density at radius 1 is 0.923 bits per heavy atom. The van der Waals surface area contributed by atoms with Gasteiger partial charge in [-0.1, -0.05) is 37.6 Å². The number of nitrogen functional groups attached to an aromatic ring is 2. The Morgan fingerprint density at radius 3 is 2.23 bits per heavy atom. The summed E-state index contributed by atoms with van der Waals surface area (Å²) in [5, 5.41) is 0. The highest BCUT2D eigenvalue weighted by molar-refractivity contribution is 6.32. The lowest BCUT2D eigenvalue weighted by Crippen LogP contribution is -2.24. The normalized spacial score (nSPS) is 12.7. The van der Waals surface area contributed by atoms with Crippen LogP contribution in [0, 0.1) is 0 Å². The standard InChI is InChI=1S/C20H22N2O4/c1-2-3-8-25-9-10-26-15-11-14(21)16-17(18(15)22)20(24)13-7-5-4-6-12(13)19(16)23/h4-7,11H,2-3,8-10,21-22H2,1H3. The van der Waals surface area contributed by atoms with E-state index in [4.69, 9.17) is 20.9 Å². The van der Waals surface area contributed by atoms with Crippen molar-refractivity contribution in [3.63, 3.8) is 0 Å². The molecule has 0 unspecified atom stereocenters. The predicted molar refractivity (Wildman–Crippen MR) is 99.8 cm³/mol. The number of nitrogens with two attached hydrogens (primary N) is 2. The smallest absolute Gasteiger partial charge is 0.196 e. The van der Waals surface area contributed by atoms with Crippen LogP contribution in [0.5, 0.6) is 5.75 Å². The van der Waals surface area contributed by atoms with Gasteiger partial charge in [-0.05, 0) is 6.42 Å². The molecule has 0 heterocycles. The first-order valence-corrected chi connectivity index (χ1v) is 8.67. The van der Waals surface area contributed by atoms with Crippen LogP contribution in [0.4, 0.5) is 11.4 Å². The van der Waals surface area contributed by atoms with E-state index in [2.05, 4.69) is 6.92 Å². The Labute approximate surface area is 152 Å². The molecule has 0 saturated carbocycles. The fraction of sp³-hybridized carbons (Fsp3) is 0.300. The van der Waals surface area contributed by atoms with Crippen molar-refractivity contribution in [3.05, 3.63) is 52.6 Å². The van der Waals surface area contributed by atoms with Crippen molar-refractivity contribution in [3.8, 4) is 5.75 Å². The minimum atomic E-state index is -0.316. The van der Waals surface area contributed by atoms with Crippen molar-refractivity contribution in [1.82, 2.24) is 0 Å². The molecule has 0 saturated heterocycles. The molecule has 6 nitrogen and oxygen atoms in total. The maximum Gasteiger partial charge on any atom is 0.196 e. The van der Waals surface area contributed by atoms with Gasteiger partial charge < -0.3 is 20.9 Å². The van der Waals surface area contributed by atoms with Crippen molar-refractivity contribution < 1.29 is 19.1 Å². The minimum Gasteiger partial charge on any atom is -0.489 e. The third kappa shape index (κ3) is 3.15. The lowest BCUT2D eigenvalue weighted by molar-refractivity contribution is 0.0969. The van der Waals surface area contributed by atoms with Gasteiger partial charge in [0.25, 0.3) is 0 Å². The molecule has 3 rings (SSSR count). The number of ether oxygens (including phenoxy) is 2. The molecule has 2 aromatic carbocycles. The molecule has 2 aromatic rings. The second kappa shape index (κ2) is 7.58. The number of rotatable bonds is 7. The van der Waals surface area contributed by atoms with E-state index in [0.29, 0.717) is 30.1 Å². The van der Waals surface area contributed by atoms with Gasteiger partial charge in [-0.3, -0.25) is 9.59 Å². The zero-order valence-corrected chi connectivity index (χ0v) is 14.7. The predicted octanol–water partition coefficient (Wildman–Crippen LogP) is 2.82. The average molecular weight is 354 g/mol. The van der Waals surface area contributed by atoms with E-state index in [9.17, 15) is 9.59 Å². The average Bonchev–Trinajstić information content (AvgIpc) is 2.65. The Kier molecular flexibility index (Phi) is 5.23. The van der Waals surface area contributed by atoms with Crippen LogP contribution in [0.1, 0.15) is 51.6 Å². The van der Waals surface area contributed by atoms with Gasteiger partial charge in [0, 0.05) is 29.5 Å². The van der Waals surface area contributed by atoms with Gasteiger partial charge >= 0.3 is 0 Å². The van der Waals surface area contributed by atoms with Gasteiger partial charge in [-0.15, -0.1) is 0 Å². The quantitative estimate of drug-likeness (QED) is 0.499. The molecule has 0 aliphatic heterocycles. The summed E-state index contributed by atoms with van der Waals surface area (Å²) in [5.74, 6) is -0.321. The molecular weight excluding hydrogens is 332 g/mol. The SMILES string of the molecule is CCCCOCCOc1cc(N)c2c(c1N)C(=O)c1ccccc1C2=O. The molecule has 4 N–H and O–H groups in total. The number of hydrogen-bond donors (Lipinski definition) is 2. The zero-order valence-electron chi connectivity index (χ0n) is 14.7. The van der Waals surface area contributed by atoms with E-state index in [1.807, 2.05) is 0 Å². The van der Waals surface area contributed by atoms with Crippen molar-refractivity contribution in [2.75, 3.05) is 31.3 Å². The molecule has 0 amide bonds.